The number of benzene rings is 1. The molecule has 4 nitrogen and oxygen atoms in total. The van der Waals surface area contributed by atoms with E-state index in [1.807, 2.05) is 19.1 Å². The highest BCUT2D eigenvalue weighted by Gasteiger charge is 2.21. The molecular weight excluding hydrogens is 286 g/mol. The van der Waals surface area contributed by atoms with Gasteiger partial charge in [0.05, 0.1) is 0 Å². The number of aryl methyl sites for hydroxylation is 1. The Hall–Kier alpha value is -1.39. The maximum atomic E-state index is 5.92. The quantitative estimate of drug-likeness (QED) is 0.867. The van der Waals surface area contributed by atoms with E-state index >= 15 is 0 Å². The van der Waals surface area contributed by atoms with Gasteiger partial charge in [0.15, 0.2) is 5.82 Å². The first-order valence-electron chi connectivity index (χ1n) is 7.45. The lowest BCUT2D eigenvalue weighted by molar-refractivity contribution is 0.171. The lowest BCUT2D eigenvalue weighted by atomic mass is 9.93. The van der Waals surface area contributed by atoms with Crippen LogP contribution in [0, 0.1) is 12.8 Å². The van der Waals surface area contributed by atoms with Crippen molar-refractivity contribution in [3.63, 3.8) is 0 Å². The lowest BCUT2D eigenvalue weighted by Gasteiger charge is -2.31. The van der Waals surface area contributed by atoms with Crippen molar-refractivity contribution in [1.29, 1.82) is 0 Å². The molecule has 0 unspecified atom stereocenters. The molecule has 3 rings (SSSR count). The molecule has 1 fully saturated rings. The van der Waals surface area contributed by atoms with Gasteiger partial charge in [-0.15, -0.1) is 0 Å². The Morgan fingerprint density at radius 3 is 2.57 bits per heavy atom. The molecule has 0 saturated carbocycles. The summed E-state index contributed by atoms with van der Waals surface area (Å²) >= 11 is 5.92. The number of piperidine rings is 1. The number of nitrogens with zero attached hydrogens (tertiary/aromatic N) is 3. The average Bonchev–Trinajstić information content (AvgIpc) is 2.89. The van der Waals surface area contributed by atoms with Crippen LogP contribution < -0.4 is 0 Å². The molecule has 0 atom stereocenters. The topological polar surface area (TPSA) is 42.2 Å². The van der Waals surface area contributed by atoms with Crippen molar-refractivity contribution in [2.24, 2.45) is 5.92 Å². The Balaban J connectivity index is 1.47. The van der Waals surface area contributed by atoms with E-state index in [-0.39, 0.29) is 0 Å². The van der Waals surface area contributed by atoms with Gasteiger partial charge in [-0.2, -0.15) is 4.98 Å². The molecule has 1 aliphatic heterocycles. The van der Waals surface area contributed by atoms with Crippen LogP contribution in [0.25, 0.3) is 0 Å². The molecule has 0 radical (unpaired) electrons. The van der Waals surface area contributed by atoms with Crippen molar-refractivity contribution in [3.05, 3.63) is 46.6 Å². The van der Waals surface area contributed by atoms with Crippen molar-refractivity contribution in [3.8, 4) is 0 Å². The van der Waals surface area contributed by atoms with Gasteiger partial charge in [0.1, 0.15) is 0 Å². The SMILES string of the molecule is Cc1noc(CC2CCN(Cc3ccc(Cl)cc3)CC2)n1. The van der Waals surface area contributed by atoms with Crippen LogP contribution in [0.5, 0.6) is 0 Å². The Morgan fingerprint density at radius 1 is 1.24 bits per heavy atom. The molecule has 0 spiro atoms. The van der Waals surface area contributed by atoms with E-state index in [0.717, 1.165) is 42.8 Å². The number of likely N-dealkylation sites (tertiary alicyclic amines) is 1. The highest BCUT2D eigenvalue weighted by atomic mass is 35.5. The predicted octanol–water partition coefficient (Wildman–Crippen LogP) is 3.49. The molecule has 0 N–H and O–H groups in total. The summed E-state index contributed by atoms with van der Waals surface area (Å²) in [6.07, 6.45) is 3.29. The minimum atomic E-state index is 0.659. The zero-order chi connectivity index (χ0) is 14.7. The minimum absolute atomic E-state index is 0.659. The molecule has 1 aliphatic rings. The number of aromatic nitrogens is 2. The highest BCUT2D eigenvalue weighted by Crippen LogP contribution is 2.22. The van der Waals surface area contributed by atoms with Gasteiger partial charge in [-0.05, 0) is 56.5 Å². The maximum absolute atomic E-state index is 5.92. The zero-order valence-corrected chi connectivity index (χ0v) is 13.0. The normalized spacial score (nSPS) is 17.2. The van der Waals surface area contributed by atoms with Crippen LogP contribution in [0.15, 0.2) is 28.8 Å². The van der Waals surface area contributed by atoms with Crippen molar-refractivity contribution in [2.45, 2.75) is 32.7 Å². The fraction of sp³-hybridized carbons (Fsp3) is 0.500. The van der Waals surface area contributed by atoms with Crippen LogP contribution >= 0.6 is 11.6 Å². The van der Waals surface area contributed by atoms with Gasteiger partial charge in [-0.1, -0.05) is 28.9 Å². The number of halogens is 1. The monoisotopic (exact) mass is 305 g/mol. The minimum Gasteiger partial charge on any atom is -0.339 e. The first kappa shape index (κ1) is 14.5. The van der Waals surface area contributed by atoms with E-state index in [0.29, 0.717) is 5.92 Å². The molecule has 0 aliphatic carbocycles. The summed E-state index contributed by atoms with van der Waals surface area (Å²) in [5.41, 5.74) is 1.32. The van der Waals surface area contributed by atoms with E-state index < -0.39 is 0 Å². The van der Waals surface area contributed by atoms with E-state index in [2.05, 4.69) is 27.2 Å². The van der Waals surface area contributed by atoms with Crippen LogP contribution in [0.1, 0.15) is 30.1 Å². The summed E-state index contributed by atoms with van der Waals surface area (Å²) in [4.78, 5) is 6.79. The van der Waals surface area contributed by atoms with Gasteiger partial charge in [0.2, 0.25) is 5.89 Å². The third kappa shape index (κ3) is 4.05. The van der Waals surface area contributed by atoms with Crippen LogP contribution in [-0.4, -0.2) is 28.1 Å². The third-order valence-corrected chi connectivity index (χ3v) is 4.31. The highest BCUT2D eigenvalue weighted by molar-refractivity contribution is 6.30. The summed E-state index contributed by atoms with van der Waals surface area (Å²) in [5, 5.41) is 4.65. The Labute approximate surface area is 130 Å². The van der Waals surface area contributed by atoms with Gasteiger partial charge in [0, 0.05) is 18.0 Å². The number of hydrogen-bond acceptors (Lipinski definition) is 4. The van der Waals surface area contributed by atoms with E-state index in [9.17, 15) is 0 Å². The molecule has 2 aromatic rings. The maximum Gasteiger partial charge on any atom is 0.226 e. The summed E-state index contributed by atoms with van der Waals surface area (Å²) < 4.78 is 5.21. The Morgan fingerprint density at radius 2 is 1.95 bits per heavy atom. The van der Waals surface area contributed by atoms with Gasteiger partial charge < -0.3 is 4.52 Å². The lowest BCUT2D eigenvalue weighted by Crippen LogP contribution is -2.33. The molecule has 0 bridgehead atoms. The average molecular weight is 306 g/mol. The molecule has 5 heteroatoms. The van der Waals surface area contributed by atoms with E-state index in [1.165, 1.54) is 18.4 Å². The van der Waals surface area contributed by atoms with Gasteiger partial charge in [-0.3, -0.25) is 4.90 Å². The smallest absolute Gasteiger partial charge is 0.226 e. The predicted molar refractivity (Wildman–Crippen MR) is 82.2 cm³/mol. The van der Waals surface area contributed by atoms with Crippen molar-refractivity contribution >= 4 is 11.6 Å². The van der Waals surface area contributed by atoms with Crippen molar-refractivity contribution in [2.75, 3.05) is 13.1 Å². The number of rotatable bonds is 4. The fourth-order valence-electron chi connectivity index (χ4n) is 2.87. The van der Waals surface area contributed by atoms with Crippen LogP contribution in [0.4, 0.5) is 0 Å². The van der Waals surface area contributed by atoms with Crippen LogP contribution in [-0.2, 0) is 13.0 Å². The molecular formula is C16H20ClN3O. The zero-order valence-electron chi connectivity index (χ0n) is 12.3. The Bertz CT molecular complexity index is 573. The second-order valence-corrected chi connectivity index (χ2v) is 6.22. The summed E-state index contributed by atoms with van der Waals surface area (Å²) in [5.74, 6) is 2.17. The second kappa shape index (κ2) is 6.58. The van der Waals surface area contributed by atoms with Gasteiger partial charge in [0.25, 0.3) is 0 Å². The van der Waals surface area contributed by atoms with Crippen LogP contribution in [0.2, 0.25) is 5.02 Å². The molecule has 2 heterocycles. The first-order chi connectivity index (χ1) is 10.2. The Kier molecular flexibility index (Phi) is 4.56. The van der Waals surface area contributed by atoms with Crippen molar-refractivity contribution < 1.29 is 4.52 Å². The van der Waals surface area contributed by atoms with E-state index in [1.54, 1.807) is 0 Å². The number of hydrogen-bond donors (Lipinski definition) is 0. The summed E-state index contributed by atoms with van der Waals surface area (Å²) in [7, 11) is 0. The molecule has 112 valence electrons. The van der Waals surface area contributed by atoms with E-state index in [4.69, 9.17) is 16.1 Å². The first-order valence-corrected chi connectivity index (χ1v) is 7.83. The molecule has 1 aromatic carbocycles. The standard InChI is InChI=1S/C16H20ClN3O/c1-12-18-16(21-19-12)10-13-6-8-20(9-7-13)11-14-2-4-15(17)5-3-14/h2-5,13H,6-11H2,1H3. The fourth-order valence-corrected chi connectivity index (χ4v) is 2.99. The van der Waals surface area contributed by atoms with Crippen molar-refractivity contribution in [1.82, 2.24) is 15.0 Å². The van der Waals surface area contributed by atoms with Crippen LogP contribution in [0.3, 0.4) is 0 Å². The largest absolute Gasteiger partial charge is 0.339 e. The summed E-state index contributed by atoms with van der Waals surface area (Å²) in [6, 6.07) is 8.13. The molecule has 21 heavy (non-hydrogen) atoms. The second-order valence-electron chi connectivity index (χ2n) is 5.79. The summed E-state index contributed by atoms with van der Waals surface area (Å²) in [6.45, 7) is 5.12. The van der Waals surface area contributed by atoms with Gasteiger partial charge in [-0.25, -0.2) is 0 Å². The molecule has 1 saturated heterocycles. The third-order valence-electron chi connectivity index (χ3n) is 4.06. The van der Waals surface area contributed by atoms with Gasteiger partial charge >= 0.3 is 0 Å². The molecule has 0 amide bonds. The molecule has 1 aromatic heterocycles.